The van der Waals surface area contributed by atoms with Gasteiger partial charge in [-0.3, -0.25) is 0 Å². The first-order valence-electron chi connectivity index (χ1n) is 7.32. The molecule has 0 N–H and O–H groups in total. The van der Waals surface area contributed by atoms with Crippen molar-refractivity contribution in [1.29, 1.82) is 0 Å². The number of allylic oxidation sites excluding steroid dienone is 1. The Morgan fingerprint density at radius 3 is 2.06 bits per heavy atom. The largest absolute Gasteiger partial charge is 0.389 e. The second-order valence-corrected chi connectivity index (χ2v) is 6.36. The maximum absolute atomic E-state index is 7.84. The predicted octanol–water partition coefficient (Wildman–Crippen LogP) is 4.81. The van der Waals surface area contributed by atoms with Crippen molar-refractivity contribution in [2.45, 2.75) is 67.9 Å². The SMILES string of the molecule is [2H]/C(CC)=C(/[2H])C(C)ON=C(C(C)(C)C)C(C)(C)C. The number of oxime groups is 1. The van der Waals surface area contributed by atoms with E-state index >= 15 is 0 Å². The Balaban J connectivity index is 5.13. The molecule has 2 nitrogen and oxygen atoms in total. The van der Waals surface area contributed by atoms with Gasteiger partial charge in [-0.05, 0) is 19.4 Å². The van der Waals surface area contributed by atoms with Gasteiger partial charge in [0.05, 0.1) is 8.45 Å². The van der Waals surface area contributed by atoms with Crippen molar-refractivity contribution in [2.24, 2.45) is 16.0 Å². The van der Waals surface area contributed by atoms with E-state index < -0.39 is 6.10 Å². The Labute approximate surface area is 110 Å². The molecule has 0 radical (unpaired) electrons. The van der Waals surface area contributed by atoms with Crippen molar-refractivity contribution < 1.29 is 7.58 Å². The van der Waals surface area contributed by atoms with Crippen LogP contribution in [0.5, 0.6) is 0 Å². The highest BCUT2D eigenvalue weighted by Gasteiger charge is 2.30. The van der Waals surface area contributed by atoms with Gasteiger partial charge in [-0.2, -0.15) is 0 Å². The van der Waals surface area contributed by atoms with Crippen molar-refractivity contribution in [3.63, 3.8) is 0 Å². The summed E-state index contributed by atoms with van der Waals surface area (Å²) in [5.41, 5.74) is 0.791. The van der Waals surface area contributed by atoms with E-state index in [9.17, 15) is 0 Å². The summed E-state index contributed by atoms with van der Waals surface area (Å²) in [4.78, 5) is 5.46. The first kappa shape index (κ1) is 12.7. The number of rotatable bonds is 4. The highest BCUT2D eigenvalue weighted by molar-refractivity contribution is 5.93. The molecule has 0 bridgehead atoms. The predicted molar refractivity (Wildman–Crippen MR) is 76.3 cm³/mol. The molecule has 0 aromatic carbocycles. The van der Waals surface area contributed by atoms with Gasteiger partial charge in [0.1, 0.15) is 6.10 Å². The van der Waals surface area contributed by atoms with Crippen LogP contribution < -0.4 is 0 Å². The fraction of sp³-hybridized carbons (Fsp3) is 0.800. The van der Waals surface area contributed by atoms with Crippen LogP contribution in [0.15, 0.2) is 17.3 Å². The molecule has 0 heterocycles. The molecule has 0 fully saturated rings. The first-order valence-corrected chi connectivity index (χ1v) is 6.32. The Bertz CT molecular complexity index is 343. The Kier molecular flexibility index (Phi) is 4.64. The van der Waals surface area contributed by atoms with Crippen LogP contribution in [0.1, 0.15) is 64.6 Å². The normalized spacial score (nSPS) is 17.6. The third kappa shape index (κ3) is 6.50. The molecule has 17 heavy (non-hydrogen) atoms. The monoisotopic (exact) mass is 241 g/mol. The van der Waals surface area contributed by atoms with E-state index in [2.05, 4.69) is 46.7 Å². The van der Waals surface area contributed by atoms with Crippen molar-refractivity contribution in [1.82, 2.24) is 0 Å². The maximum atomic E-state index is 7.84. The topological polar surface area (TPSA) is 21.6 Å². The maximum Gasteiger partial charge on any atom is 0.142 e. The van der Waals surface area contributed by atoms with Gasteiger partial charge in [-0.1, -0.05) is 59.7 Å². The number of hydrogen-bond donors (Lipinski definition) is 0. The van der Waals surface area contributed by atoms with E-state index in [1.165, 1.54) is 0 Å². The van der Waals surface area contributed by atoms with Gasteiger partial charge in [-0.25, -0.2) is 0 Å². The lowest BCUT2D eigenvalue weighted by molar-refractivity contribution is 0.0998. The molecule has 1 atom stereocenters. The molecule has 0 amide bonds. The van der Waals surface area contributed by atoms with E-state index in [1.54, 1.807) is 6.92 Å². The van der Waals surface area contributed by atoms with Crippen LogP contribution in [0.2, 0.25) is 0 Å². The molecular weight excluding hydrogens is 210 g/mol. The van der Waals surface area contributed by atoms with Crippen molar-refractivity contribution >= 4 is 5.71 Å². The Morgan fingerprint density at radius 1 is 1.24 bits per heavy atom. The van der Waals surface area contributed by atoms with E-state index in [0.717, 1.165) is 5.71 Å². The van der Waals surface area contributed by atoms with Crippen molar-refractivity contribution in [3.8, 4) is 0 Å². The molecule has 0 aromatic heterocycles. The summed E-state index contributed by atoms with van der Waals surface area (Å²) in [6.45, 7) is 16.2. The summed E-state index contributed by atoms with van der Waals surface area (Å²) < 4.78 is 15.5. The Morgan fingerprint density at radius 2 is 1.71 bits per heavy atom. The van der Waals surface area contributed by atoms with Crippen LogP contribution in [0.25, 0.3) is 0 Å². The van der Waals surface area contributed by atoms with Crippen LogP contribution in [-0.4, -0.2) is 11.8 Å². The van der Waals surface area contributed by atoms with Gasteiger partial charge in [0.15, 0.2) is 0 Å². The van der Waals surface area contributed by atoms with E-state index in [-0.39, 0.29) is 16.9 Å². The van der Waals surface area contributed by atoms with E-state index in [4.69, 9.17) is 7.58 Å². The highest BCUT2D eigenvalue weighted by atomic mass is 16.6. The zero-order chi connectivity index (χ0) is 15.4. The summed E-state index contributed by atoms with van der Waals surface area (Å²) in [5.74, 6) is 0. The molecule has 1 unspecified atom stereocenters. The van der Waals surface area contributed by atoms with Crippen molar-refractivity contribution in [2.75, 3.05) is 0 Å². The molecule has 2 heteroatoms. The van der Waals surface area contributed by atoms with Gasteiger partial charge in [0.25, 0.3) is 0 Å². The molecule has 100 valence electrons. The van der Waals surface area contributed by atoms with Crippen LogP contribution in [0, 0.1) is 10.8 Å². The van der Waals surface area contributed by atoms with Gasteiger partial charge in [0, 0.05) is 10.8 Å². The van der Waals surface area contributed by atoms with Crippen LogP contribution in [0.3, 0.4) is 0 Å². The smallest absolute Gasteiger partial charge is 0.142 e. The van der Waals surface area contributed by atoms with Gasteiger partial charge < -0.3 is 4.84 Å². The lowest BCUT2D eigenvalue weighted by atomic mass is 9.75. The minimum atomic E-state index is -0.479. The molecule has 0 aliphatic carbocycles. The fourth-order valence-electron chi connectivity index (χ4n) is 1.80. The molecule has 0 rings (SSSR count). The third-order valence-corrected chi connectivity index (χ3v) is 2.21. The van der Waals surface area contributed by atoms with Crippen LogP contribution in [-0.2, 0) is 4.84 Å². The van der Waals surface area contributed by atoms with Crippen molar-refractivity contribution in [3.05, 3.63) is 12.1 Å². The van der Waals surface area contributed by atoms with E-state index in [1.807, 2.05) is 6.92 Å². The summed E-state index contributed by atoms with van der Waals surface area (Å²) in [6.07, 6.45) is 0.0638. The van der Waals surface area contributed by atoms with Crippen LogP contribution >= 0.6 is 0 Å². The second-order valence-electron chi connectivity index (χ2n) is 6.36. The summed E-state index contributed by atoms with van der Waals surface area (Å²) in [5, 5.41) is 4.28. The molecule has 0 aliphatic heterocycles. The molecule has 0 saturated carbocycles. The van der Waals surface area contributed by atoms with E-state index in [0.29, 0.717) is 12.5 Å². The Hall–Kier alpha value is -0.790. The number of hydrogen-bond acceptors (Lipinski definition) is 2. The van der Waals surface area contributed by atoms with Gasteiger partial charge in [0.2, 0.25) is 0 Å². The summed E-state index contributed by atoms with van der Waals surface area (Å²) in [7, 11) is 0. The average molecular weight is 241 g/mol. The number of nitrogens with zero attached hydrogens (tertiary/aromatic N) is 1. The van der Waals surface area contributed by atoms with Gasteiger partial charge in [-0.15, -0.1) is 0 Å². The minimum Gasteiger partial charge on any atom is -0.389 e. The average Bonchev–Trinajstić information content (AvgIpc) is 2.23. The first-order chi connectivity index (χ1) is 8.41. The molecule has 0 aromatic rings. The molecule has 0 spiro atoms. The minimum absolute atomic E-state index is 0.0849. The molecular formula is C15H29NO. The summed E-state index contributed by atoms with van der Waals surface area (Å²) >= 11 is 0. The van der Waals surface area contributed by atoms with Gasteiger partial charge >= 0.3 is 0 Å². The highest BCUT2D eigenvalue weighted by Crippen LogP contribution is 2.30. The molecule has 0 aliphatic rings. The quantitative estimate of drug-likeness (QED) is 0.393. The third-order valence-electron chi connectivity index (χ3n) is 2.21. The lowest BCUT2D eigenvalue weighted by Gasteiger charge is -2.31. The zero-order valence-electron chi connectivity index (χ0n) is 14.6. The van der Waals surface area contributed by atoms with Crippen LogP contribution in [0.4, 0.5) is 0 Å². The summed E-state index contributed by atoms with van der Waals surface area (Å²) in [6, 6.07) is 0.504. The standard InChI is InChI=1S/C15H29NO/c1-9-10-11-12(2)17-16-13(14(3,4)5)15(6,7)8/h10-12H,9H2,1-8H3/b11-10+/i10D,11D. The second kappa shape index (κ2) is 6.23. The lowest BCUT2D eigenvalue weighted by Crippen LogP contribution is -2.33. The molecule has 0 saturated heterocycles. The zero-order valence-corrected chi connectivity index (χ0v) is 12.6. The fourth-order valence-corrected chi connectivity index (χ4v) is 1.80.